The number of benzene rings is 1. The number of alkyl carbamates (subject to hydrolysis) is 1. The number of ether oxygens (including phenoxy) is 1. The molecule has 1 heterocycles. The Labute approximate surface area is 128 Å². The molecule has 0 atom stereocenters. The van der Waals surface area contributed by atoms with Crippen molar-refractivity contribution in [1.82, 2.24) is 10.3 Å². The number of hydrogen-bond donors (Lipinski definition) is 2. The fraction of sp³-hybridized carbons (Fsp3) is 0.312. The van der Waals surface area contributed by atoms with Crippen LogP contribution < -0.4 is 11.1 Å². The molecule has 1 amide bonds. The van der Waals surface area contributed by atoms with E-state index in [1.807, 2.05) is 45.0 Å². The van der Waals surface area contributed by atoms with E-state index in [0.29, 0.717) is 17.6 Å². The largest absolute Gasteiger partial charge is 0.444 e. The molecule has 6 heteroatoms. The normalized spacial score (nSPS) is 11.0. The van der Waals surface area contributed by atoms with Crippen molar-refractivity contribution in [2.45, 2.75) is 32.9 Å². The molecule has 0 radical (unpaired) electrons. The van der Waals surface area contributed by atoms with Crippen LogP contribution in [0, 0.1) is 11.3 Å². The number of nitrogens with two attached hydrogens (primary N) is 1. The number of nitrogen functional groups attached to an aromatic ring is 1. The predicted octanol–water partition coefficient (Wildman–Crippen LogP) is 2.71. The van der Waals surface area contributed by atoms with Crippen LogP contribution in [0.25, 0.3) is 10.9 Å². The molecule has 0 spiro atoms. The molecule has 0 aliphatic rings. The maximum absolute atomic E-state index is 11.6. The van der Waals surface area contributed by atoms with Gasteiger partial charge in [0.1, 0.15) is 17.5 Å². The number of aromatic nitrogens is 1. The van der Waals surface area contributed by atoms with Gasteiger partial charge in [0, 0.05) is 11.9 Å². The summed E-state index contributed by atoms with van der Waals surface area (Å²) in [6.07, 6.45) is -0.472. The highest BCUT2D eigenvalue weighted by Gasteiger charge is 2.15. The highest BCUT2D eigenvalue weighted by Crippen LogP contribution is 2.19. The summed E-state index contributed by atoms with van der Waals surface area (Å²) in [5.41, 5.74) is 7.09. The first-order chi connectivity index (χ1) is 10.3. The van der Waals surface area contributed by atoms with E-state index in [1.54, 1.807) is 6.07 Å². The topological polar surface area (TPSA) is 101 Å². The van der Waals surface area contributed by atoms with Crippen molar-refractivity contribution >= 4 is 22.8 Å². The quantitative estimate of drug-likeness (QED) is 0.887. The Bertz CT molecular complexity index is 757. The second-order valence-electron chi connectivity index (χ2n) is 5.92. The van der Waals surface area contributed by atoms with Gasteiger partial charge in [-0.05, 0) is 38.5 Å². The minimum Gasteiger partial charge on any atom is -0.444 e. The van der Waals surface area contributed by atoms with E-state index in [-0.39, 0.29) is 5.82 Å². The Balaban J connectivity index is 2.13. The van der Waals surface area contributed by atoms with E-state index in [0.717, 1.165) is 10.9 Å². The van der Waals surface area contributed by atoms with E-state index < -0.39 is 11.7 Å². The standard InChI is InChI=1S/C16H18N4O2/c1-16(2,3)22-15(21)19-9-10-4-5-11-7-12(8-17)14(18)20-13(11)6-10/h4-7H,9H2,1-3H3,(H2,18,20)(H,19,21). The Morgan fingerprint density at radius 3 is 2.77 bits per heavy atom. The number of carbonyl (C=O) groups excluding carboxylic acids is 1. The van der Waals surface area contributed by atoms with Crippen LogP contribution in [0.15, 0.2) is 24.3 Å². The van der Waals surface area contributed by atoms with Gasteiger partial charge in [-0.3, -0.25) is 0 Å². The van der Waals surface area contributed by atoms with Crippen LogP contribution in [-0.4, -0.2) is 16.7 Å². The summed E-state index contributed by atoms with van der Waals surface area (Å²) in [6.45, 7) is 5.75. The van der Waals surface area contributed by atoms with E-state index in [4.69, 9.17) is 15.7 Å². The zero-order valence-electron chi connectivity index (χ0n) is 12.8. The average Bonchev–Trinajstić information content (AvgIpc) is 2.42. The van der Waals surface area contributed by atoms with E-state index in [2.05, 4.69) is 10.3 Å². The monoisotopic (exact) mass is 298 g/mol. The van der Waals surface area contributed by atoms with Crippen LogP contribution in [0.2, 0.25) is 0 Å². The summed E-state index contributed by atoms with van der Waals surface area (Å²) >= 11 is 0. The number of rotatable bonds is 2. The summed E-state index contributed by atoms with van der Waals surface area (Å²) in [6, 6.07) is 9.23. The van der Waals surface area contributed by atoms with Crippen LogP contribution >= 0.6 is 0 Å². The minimum absolute atomic E-state index is 0.201. The van der Waals surface area contributed by atoms with Gasteiger partial charge in [0.25, 0.3) is 0 Å². The summed E-state index contributed by atoms with van der Waals surface area (Å²) in [5.74, 6) is 0.201. The Morgan fingerprint density at radius 2 is 2.14 bits per heavy atom. The highest BCUT2D eigenvalue weighted by atomic mass is 16.6. The molecular formula is C16H18N4O2. The molecule has 114 valence electrons. The molecule has 0 bridgehead atoms. The molecule has 0 saturated carbocycles. The van der Waals surface area contributed by atoms with Gasteiger partial charge < -0.3 is 15.8 Å². The first kappa shape index (κ1) is 15.6. The van der Waals surface area contributed by atoms with Gasteiger partial charge in [-0.2, -0.15) is 5.26 Å². The summed E-state index contributed by atoms with van der Waals surface area (Å²) in [5, 5.41) is 12.4. The lowest BCUT2D eigenvalue weighted by molar-refractivity contribution is 0.0523. The Kier molecular flexibility index (Phi) is 4.18. The minimum atomic E-state index is -0.531. The van der Waals surface area contributed by atoms with E-state index >= 15 is 0 Å². The summed E-state index contributed by atoms with van der Waals surface area (Å²) in [7, 11) is 0. The molecule has 2 aromatic rings. The SMILES string of the molecule is CC(C)(C)OC(=O)NCc1ccc2cc(C#N)c(N)nc2c1. The fourth-order valence-corrected chi connectivity index (χ4v) is 1.92. The maximum atomic E-state index is 11.6. The van der Waals surface area contributed by atoms with Crippen molar-refractivity contribution < 1.29 is 9.53 Å². The molecule has 22 heavy (non-hydrogen) atoms. The Morgan fingerprint density at radius 1 is 1.41 bits per heavy atom. The smallest absolute Gasteiger partial charge is 0.407 e. The number of nitriles is 1. The van der Waals surface area contributed by atoms with Crippen molar-refractivity contribution in [2.24, 2.45) is 0 Å². The lowest BCUT2D eigenvalue weighted by atomic mass is 10.1. The Hall–Kier alpha value is -2.81. The first-order valence-electron chi connectivity index (χ1n) is 6.84. The zero-order chi connectivity index (χ0) is 16.3. The van der Waals surface area contributed by atoms with Gasteiger partial charge >= 0.3 is 6.09 Å². The number of fused-ring (bicyclic) bond motifs is 1. The molecule has 0 saturated heterocycles. The number of carbonyl (C=O) groups is 1. The third kappa shape index (κ3) is 3.85. The number of nitrogens with one attached hydrogen (secondary N) is 1. The molecule has 1 aromatic heterocycles. The molecule has 2 rings (SSSR count). The lowest BCUT2D eigenvalue weighted by Gasteiger charge is -2.19. The number of pyridine rings is 1. The second-order valence-corrected chi connectivity index (χ2v) is 5.92. The first-order valence-corrected chi connectivity index (χ1v) is 6.84. The van der Waals surface area contributed by atoms with Crippen LogP contribution in [0.5, 0.6) is 0 Å². The fourth-order valence-electron chi connectivity index (χ4n) is 1.92. The predicted molar refractivity (Wildman–Crippen MR) is 83.9 cm³/mol. The van der Waals surface area contributed by atoms with Gasteiger partial charge in [0.2, 0.25) is 0 Å². The molecule has 0 aliphatic carbocycles. The van der Waals surface area contributed by atoms with Crippen LogP contribution in [0.1, 0.15) is 31.9 Å². The number of anilines is 1. The van der Waals surface area contributed by atoms with Crippen molar-refractivity contribution in [3.63, 3.8) is 0 Å². The van der Waals surface area contributed by atoms with Gasteiger partial charge in [-0.25, -0.2) is 9.78 Å². The molecule has 0 fully saturated rings. The van der Waals surface area contributed by atoms with Crippen LogP contribution in [0.4, 0.5) is 10.6 Å². The van der Waals surface area contributed by atoms with Gasteiger partial charge in [0.05, 0.1) is 11.1 Å². The highest BCUT2D eigenvalue weighted by molar-refractivity contribution is 5.83. The molecule has 0 aliphatic heterocycles. The maximum Gasteiger partial charge on any atom is 0.407 e. The van der Waals surface area contributed by atoms with Crippen molar-refractivity contribution in [3.8, 4) is 6.07 Å². The number of hydrogen-bond acceptors (Lipinski definition) is 5. The molecular weight excluding hydrogens is 280 g/mol. The molecule has 1 aromatic carbocycles. The van der Waals surface area contributed by atoms with Crippen molar-refractivity contribution in [3.05, 3.63) is 35.4 Å². The zero-order valence-corrected chi connectivity index (χ0v) is 12.8. The average molecular weight is 298 g/mol. The van der Waals surface area contributed by atoms with Crippen LogP contribution in [-0.2, 0) is 11.3 Å². The second kappa shape index (κ2) is 5.90. The van der Waals surface area contributed by atoms with Crippen molar-refractivity contribution in [1.29, 1.82) is 5.26 Å². The van der Waals surface area contributed by atoms with Crippen molar-refractivity contribution in [2.75, 3.05) is 5.73 Å². The van der Waals surface area contributed by atoms with Gasteiger partial charge in [-0.15, -0.1) is 0 Å². The number of amides is 1. The molecule has 3 N–H and O–H groups in total. The third-order valence-electron chi connectivity index (χ3n) is 2.87. The van der Waals surface area contributed by atoms with E-state index in [1.165, 1.54) is 0 Å². The molecule has 6 nitrogen and oxygen atoms in total. The van der Waals surface area contributed by atoms with Gasteiger partial charge in [-0.1, -0.05) is 12.1 Å². The molecule has 0 unspecified atom stereocenters. The summed E-state index contributed by atoms with van der Waals surface area (Å²) < 4.78 is 5.17. The number of nitrogens with zero attached hydrogens (tertiary/aromatic N) is 2. The third-order valence-corrected chi connectivity index (χ3v) is 2.87. The lowest BCUT2D eigenvalue weighted by Crippen LogP contribution is -2.32. The van der Waals surface area contributed by atoms with Gasteiger partial charge in [0.15, 0.2) is 0 Å². The van der Waals surface area contributed by atoms with Crippen LogP contribution in [0.3, 0.4) is 0 Å². The summed E-state index contributed by atoms with van der Waals surface area (Å²) in [4.78, 5) is 15.8. The van der Waals surface area contributed by atoms with E-state index in [9.17, 15) is 4.79 Å².